The Morgan fingerprint density at radius 2 is 2.35 bits per heavy atom. The predicted octanol–water partition coefficient (Wildman–Crippen LogP) is 1.15. The number of oxazole rings is 1. The summed E-state index contributed by atoms with van der Waals surface area (Å²) >= 11 is 0. The lowest BCUT2D eigenvalue weighted by Crippen LogP contribution is -2.21. The van der Waals surface area contributed by atoms with Gasteiger partial charge in [0.15, 0.2) is 5.58 Å². The molecule has 1 atom stereocenters. The van der Waals surface area contributed by atoms with Crippen LogP contribution in [0, 0.1) is 0 Å². The highest BCUT2D eigenvalue weighted by Crippen LogP contribution is 2.24. The number of hydrogen-bond acceptors (Lipinski definition) is 5. The Balaban J connectivity index is 2.33. The molecule has 0 amide bonds. The molecule has 92 valence electrons. The molecular formula is C11H15N3O3. The van der Waals surface area contributed by atoms with E-state index in [-0.39, 0.29) is 6.04 Å². The second-order valence-electron chi connectivity index (χ2n) is 3.95. The van der Waals surface area contributed by atoms with Gasteiger partial charge in [-0.3, -0.25) is 4.98 Å². The number of H-pyrrole nitrogens is 1. The standard InChI is InChI=1S/C11H15N3O3/c1-6(5-16-2)13-8-4-9-10(3-7(8)12)17-11(15)14-9/h3-4,6,13H,5,12H2,1-2H3,(H,14,15). The molecule has 1 aromatic carbocycles. The number of anilines is 2. The molecule has 0 aliphatic rings. The van der Waals surface area contributed by atoms with Crippen molar-refractivity contribution in [2.24, 2.45) is 0 Å². The first-order valence-corrected chi connectivity index (χ1v) is 5.28. The lowest BCUT2D eigenvalue weighted by atomic mass is 10.2. The van der Waals surface area contributed by atoms with Crippen molar-refractivity contribution in [3.8, 4) is 0 Å². The minimum Gasteiger partial charge on any atom is -0.408 e. The number of nitrogens with two attached hydrogens (primary N) is 1. The molecule has 0 radical (unpaired) electrons. The van der Waals surface area contributed by atoms with E-state index in [4.69, 9.17) is 14.9 Å². The van der Waals surface area contributed by atoms with Gasteiger partial charge in [0.25, 0.3) is 0 Å². The topological polar surface area (TPSA) is 93.3 Å². The van der Waals surface area contributed by atoms with Gasteiger partial charge in [0.05, 0.1) is 23.5 Å². The van der Waals surface area contributed by atoms with Gasteiger partial charge < -0.3 is 20.2 Å². The van der Waals surface area contributed by atoms with Crippen LogP contribution in [-0.2, 0) is 4.74 Å². The van der Waals surface area contributed by atoms with Gasteiger partial charge >= 0.3 is 5.76 Å². The molecule has 1 heterocycles. The third-order valence-electron chi connectivity index (χ3n) is 2.41. The molecule has 0 fully saturated rings. The average Bonchev–Trinajstić information content (AvgIpc) is 2.58. The van der Waals surface area contributed by atoms with Crippen molar-refractivity contribution < 1.29 is 9.15 Å². The van der Waals surface area contributed by atoms with Crippen LogP contribution >= 0.6 is 0 Å². The number of benzene rings is 1. The van der Waals surface area contributed by atoms with E-state index in [0.29, 0.717) is 23.4 Å². The van der Waals surface area contributed by atoms with Gasteiger partial charge in [0, 0.05) is 19.2 Å². The summed E-state index contributed by atoms with van der Waals surface area (Å²) in [6, 6.07) is 3.50. The van der Waals surface area contributed by atoms with Crippen LogP contribution in [0.3, 0.4) is 0 Å². The summed E-state index contributed by atoms with van der Waals surface area (Å²) in [7, 11) is 1.64. The number of nitrogens with one attached hydrogen (secondary N) is 2. The van der Waals surface area contributed by atoms with Crippen molar-refractivity contribution in [2.75, 3.05) is 24.8 Å². The van der Waals surface area contributed by atoms with Crippen molar-refractivity contribution in [2.45, 2.75) is 13.0 Å². The monoisotopic (exact) mass is 237 g/mol. The molecule has 6 heteroatoms. The minimum absolute atomic E-state index is 0.123. The maximum Gasteiger partial charge on any atom is 0.417 e. The summed E-state index contributed by atoms with van der Waals surface area (Å²) in [5.41, 5.74) is 8.22. The number of fused-ring (bicyclic) bond motifs is 1. The van der Waals surface area contributed by atoms with Crippen molar-refractivity contribution >= 4 is 22.5 Å². The Hall–Kier alpha value is -1.95. The summed E-state index contributed by atoms with van der Waals surface area (Å²) in [4.78, 5) is 13.6. The SMILES string of the molecule is COCC(C)Nc1cc2[nH]c(=O)oc2cc1N. The fraction of sp³-hybridized carbons (Fsp3) is 0.364. The maximum absolute atomic E-state index is 11.0. The third-order valence-corrected chi connectivity index (χ3v) is 2.41. The zero-order valence-corrected chi connectivity index (χ0v) is 9.74. The van der Waals surface area contributed by atoms with Crippen LogP contribution in [0.15, 0.2) is 21.3 Å². The molecule has 0 spiro atoms. The summed E-state index contributed by atoms with van der Waals surface area (Å²) in [5.74, 6) is -0.485. The van der Waals surface area contributed by atoms with Gasteiger partial charge in [0.2, 0.25) is 0 Å². The highest BCUT2D eigenvalue weighted by atomic mass is 16.5. The first-order chi connectivity index (χ1) is 8.10. The predicted molar refractivity (Wildman–Crippen MR) is 66.2 cm³/mol. The van der Waals surface area contributed by atoms with E-state index >= 15 is 0 Å². The Morgan fingerprint density at radius 1 is 1.59 bits per heavy atom. The van der Waals surface area contributed by atoms with Crippen LogP contribution in [-0.4, -0.2) is 24.7 Å². The van der Waals surface area contributed by atoms with Gasteiger partial charge in [-0.05, 0) is 13.0 Å². The molecule has 0 aliphatic carbocycles. The van der Waals surface area contributed by atoms with Gasteiger partial charge in [-0.25, -0.2) is 4.79 Å². The van der Waals surface area contributed by atoms with Crippen LogP contribution in [0.5, 0.6) is 0 Å². The molecule has 2 aromatic rings. The van der Waals surface area contributed by atoms with Crippen LogP contribution in [0.1, 0.15) is 6.92 Å². The second-order valence-corrected chi connectivity index (χ2v) is 3.95. The number of aromatic nitrogens is 1. The molecule has 0 bridgehead atoms. The molecular weight excluding hydrogens is 222 g/mol. The largest absolute Gasteiger partial charge is 0.417 e. The number of hydrogen-bond donors (Lipinski definition) is 3. The fourth-order valence-electron chi connectivity index (χ4n) is 1.70. The number of methoxy groups -OCH3 is 1. The Kier molecular flexibility index (Phi) is 3.06. The van der Waals surface area contributed by atoms with E-state index in [0.717, 1.165) is 5.69 Å². The van der Waals surface area contributed by atoms with Crippen LogP contribution in [0.4, 0.5) is 11.4 Å². The lowest BCUT2D eigenvalue weighted by molar-refractivity contribution is 0.190. The third kappa shape index (κ3) is 2.42. The van der Waals surface area contributed by atoms with Gasteiger partial charge in [-0.15, -0.1) is 0 Å². The highest BCUT2D eigenvalue weighted by molar-refractivity contribution is 5.85. The number of ether oxygens (including phenoxy) is 1. The molecule has 0 saturated carbocycles. The average molecular weight is 237 g/mol. The lowest BCUT2D eigenvalue weighted by Gasteiger charge is -2.15. The van der Waals surface area contributed by atoms with Crippen molar-refractivity contribution in [3.05, 3.63) is 22.7 Å². The quantitative estimate of drug-likeness (QED) is 0.693. The van der Waals surface area contributed by atoms with Crippen LogP contribution in [0.2, 0.25) is 0 Å². The molecule has 1 unspecified atom stereocenters. The zero-order valence-electron chi connectivity index (χ0n) is 9.74. The van der Waals surface area contributed by atoms with Gasteiger partial charge in [-0.1, -0.05) is 0 Å². The zero-order chi connectivity index (χ0) is 12.4. The smallest absolute Gasteiger partial charge is 0.408 e. The summed E-state index contributed by atoms with van der Waals surface area (Å²) in [5, 5.41) is 3.20. The normalized spacial score (nSPS) is 12.8. The minimum atomic E-state index is -0.485. The van der Waals surface area contributed by atoms with Crippen molar-refractivity contribution in [3.63, 3.8) is 0 Å². The summed E-state index contributed by atoms with van der Waals surface area (Å²) in [6.07, 6.45) is 0. The molecule has 4 N–H and O–H groups in total. The van der Waals surface area contributed by atoms with E-state index in [1.54, 1.807) is 19.2 Å². The van der Waals surface area contributed by atoms with Gasteiger partial charge in [-0.2, -0.15) is 0 Å². The molecule has 0 aliphatic heterocycles. The molecule has 2 rings (SSSR count). The number of nitrogen functional groups attached to an aromatic ring is 1. The number of aromatic amines is 1. The van der Waals surface area contributed by atoms with E-state index in [1.807, 2.05) is 6.92 Å². The van der Waals surface area contributed by atoms with E-state index in [1.165, 1.54) is 0 Å². The summed E-state index contributed by atoms with van der Waals surface area (Å²) < 4.78 is 9.94. The first-order valence-electron chi connectivity index (χ1n) is 5.28. The molecule has 17 heavy (non-hydrogen) atoms. The highest BCUT2D eigenvalue weighted by Gasteiger charge is 2.08. The summed E-state index contributed by atoms with van der Waals surface area (Å²) in [6.45, 7) is 2.55. The fourth-order valence-corrected chi connectivity index (χ4v) is 1.70. The van der Waals surface area contributed by atoms with E-state index in [9.17, 15) is 4.79 Å². The van der Waals surface area contributed by atoms with Crippen molar-refractivity contribution in [1.82, 2.24) is 4.98 Å². The maximum atomic E-state index is 11.0. The first kappa shape index (κ1) is 11.5. The van der Waals surface area contributed by atoms with Gasteiger partial charge in [0.1, 0.15) is 0 Å². The van der Waals surface area contributed by atoms with E-state index in [2.05, 4.69) is 10.3 Å². The Bertz CT molecular complexity index is 573. The number of rotatable bonds is 4. The second kappa shape index (κ2) is 4.50. The van der Waals surface area contributed by atoms with Crippen molar-refractivity contribution in [1.29, 1.82) is 0 Å². The van der Waals surface area contributed by atoms with Crippen LogP contribution in [0.25, 0.3) is 11.1 Å². The van der Waals surface area contributed by atoms with E-state index < -0.39 is 5.76 Å². The molecule has 6 nitrogen and oxygen atoms in total. The molecule has 0 saturated heterocycles. The Morgan fingerprint density at radius 3 is 3.06 bits per heavy atom. The molecule has 1 aromatic heterocycles. The Labute approximate surface area is 97.8 Å². The van der Waals surface area contributed by atoms with Crippen LogP contribution < -0.4 is 16.8 Å².